The number of carboxylic acids is 1. The number of thiazole rings is 1. The van der Waals surface area contributed by atoms with E-state index in [0.29, 0.717) is 6.54 Å². The summed E-state index contributed by atoms with van der Waals surface area (Å²) in [6.45, 7) is 0.597. The lowest BCUT2D eigenvalue weighted by atomic mass is 10.1. The highest BCUT2D eigenvalue weighted by atomic mass is 32.1. The minimum atomic E-state index is -0.797. The molecule has 0 bridgehead atoms. The van der Waals surface area contributed by atoms with E-state index in [2.05, 4.69) is 10.3 Å². The molecule has 1 atom stereocenters. The second-order valence-electron chi connectivity index (χ2n) is 3.53. The van der Waals surface area contributed by atoms with Crippen LogP contribution in [-0.4, -0.2) is 16.1 Å². The van der Waals surface area contributed by atoms with Crippen molar-refractivity contribution >= 4 is 28.6 Å². The lowest BCUT2D eigenvalue weighted by Crippen LogP contribution is -2.22. The molecular weight excluding hydrogens is 256 g/mol. The van der Waals surface area contributed by atoms with Gasteiger partial charge < -0.3 is 10.4 Å². The average molecular weight is 268 g/mol. The van der Waals surface area contributed by atoms with Gasteiger partial charge in [0, 0.05) is 16.8 Å². The molecule has 17 heavy (non-hydrogen) atoms. The summed E-state index contributed by atoms with van der Waals surface area (Å²) in [4.78, 5) is 16.0. The quantitative estimate of drug-likeness (QED) is 0.845. The van der Waals surface area contributed by atoms with Gasteiger partial charge >= 0.3 is 5.97 Å². The highest BCUT2D eigenvalue weighted by Gasteiger charge is 2.16. The number of hydrogen-bond donors (Lipinski definition) is 2. The molecule has 0 saturated heterocycles. The van der Waals surface area contributed by atoms with Crippen LogP contribution in [0.1, 0.15) is 23.0 Å². The van der Waals surface area contributed by atoms with E-state index in [1.807, 2.05) is 22.9 Å². The van der Waals surface area contributed by atoms with Crippen LogP contribution in [-0.2, 0) is 11.3 Å². The minimum absolute atomic E-state index is 0.0879. The summed E-state index contributed by atoms with van der Waals surface area (Å²) in [6, 6.07) is 3.74. The first-order chi connectivity index (χ1) is 8.25. The van der Waals surface area contributed by atoms with E-state index < -0.39 is 5.97 Å². The maximum absolute atomic E-state index is 10.8. The average Bonchev–Trinajstić information content (AvgIpc) is 2.96. The summed E-state index contributed by atoms with van der Waals surface area (Å²) < 4.78 is 0. The van der Waals surface area contributed by atoms with Gasteiger partial charge in [0.25, 0.3) is 0 Å². The molecule has 2 aromatic heterocycles. The Bertz CT molecular complexity index is 454. The first-order valence-electron chi connectivity index (χ1n) is 5.11. The van der Waals surface area contributed by atoms with E-state index in [9.17, 15) is 4.79 Å². The van der Waals surface area contributed by atoms with Gasteiger partial charge in [-0.3, -0.25) is 4.79 Å². The third kappa shape index (κ3) is 3.62. The van der Waals surface area contributed by atoms with Crippen molar-refractivity contribution in [3.63, 3.8) is 0 Å². The van der Waals surface area contributed by atoms with Crippen LogP contribution in [0.5, 0.6) is 0 Å². The fourth-order valence-electron chi connectivity index (χ4n) is 1.49. The van der Waals surface area contributed by atoms with Gasteiger partial charge in [0.15, 0.2) is 0 Å². The van der Waals surface area contributed by atoms with Gasteiger partial charge in [-0.2, -0.15) is 0 Å². The van der Waals surface area contributed by atoms with Crippen molar-refractivity contribution in [3.8, 4) is 0 Å². The van der Waals surface area contributed by atoms with Crippen LogP contribution < -0.4 is 5.32 Å². The van der Waals surface area contributed by atoms with Gasteiger partial charge in [-0.1, -0.05) is 6.07 Å². The summed E-state index contributed by atoms with van der Waals surface area (Å²) in [7, 11) is 0. The topological polar surface area (TPSA) is 62.2 Å². The fourth-order valence-corrected chi connectivity index (χ4v) is 2.85. The van der Waals surface area contributed by atoms with Crippen LogP contribution in [0.25, 0.3) is 0 Å². The molecule has 2 heterocycles. The zero-order valence-corrected chi connectivity index (χ0v) is 10.6. The molecule has 0 fully saturated rings. The number of aromatic nitrogens is 1. The SMILES string of the molecule is O=C(O)CC(NCc1cscn1)c1cccs1. The zero-order valence-electron chi connectivity index (χ0n) is 9.00. The number of hydrogen-bond acceptors (Lipinski definition) is 5. The predicted octanol–water partition coefficient (Wildman–Crippen LogP) is 2.51. The molecule has 1 unspecified atom stereocenters. The summed E-state index contributed by atoms with van der Waals surface area (Å²) in [5.41, 5.74) is 2.72. The van der Waals surface area contributed by atoms with Crippen molar-refractivity contribution in [2.24, 2.45) is 0 Å². The number of thiophene rings is 1. The van der Waals surface area contributed by atoms with Gasteiger partial charge in [0.1, 0.15) is 0 Å². The molecule has 2 aromatic rings. The van der Waals surface area contributed by atoms with Crippen LogP contribution in [0.3, 0.4) is 0 Å². The van der Waals surface area contributed by atoms with E-state index in [-0.39, 0.29) is 12.5 Å². The molecule has 0 spiro atoms. The molecule has 0 radical (unpaired) electrons. The normalized spacial score (nSPS) is 12.5. The van der Waals surface area contributed by atoms with Crippen LogP contribution >= 0.6 is 22.7 Å². The molecule has 0 aliphatic rings. The summed E-state index contributed by atoms with van der Waals surface area (Å²) in [6.07, 6.45) is 0.0879. The van der Waals surface area contributed by atoms with E-state index >= 15 is 0 Å². The monoisotopic (exact) mass is 268 g/mol. The lowest BCUT2D eigenvalue weighted by Gasteiger charge is -2.14. The van der Waals surface area contributed by atoms with Crippen molar-refractivity contribution < 1.29 is 9.90 Å². The van der Waals surface area contributed by atoms with Crippen LogP contribution in [0.2, 0.25) is 0 Å². The Morgan fingerprint density at radius 3 is 3.06 bits per heavy atom. The zero-order chi connectivity index (χ0) is 12.1. The van der Waals surface area contributed by atoms with E-state index in [0.717, 1.165) is 10.6 Å². The highest BCUT2D eigenvalue weighted by Crippen LogP contribution is 2.22. The molecular formula is C11H12N2O2S2. The summed E-state index contributed by atoms with van der Waals surface area (Å²) in [5.74, 6) is -0.797. The minimum Gasteiger partial charge on any atom is -0.481 e. The van der Waals surface area contributed by atoms with Crippen molar-refractivity contribution in [2.75, 3.05) is 0 Å². The fraction of sp³-hybridized carbons (Fsp3) is 0.273. The maximum atomic E-state index is 10.8. The molecule has 2 rings (SSSR count). The van der Waals surface area contributed by atoms with Gasteiger partial charge in [-0.05, 0) is 11.4 Å². The molecule has 2 N–H and O–H groups in total. The Morgan fingerprint density at radius 1 is 1.59 bits per heavy atom. The molecule has 90 valence electrons. The molecule has 4 nitrogen and oxygen atoms in total. The largest absolute Gasteiger partial charge is 0.481 e. The van der Waals surface area contributed by atoms with Gasteiger partial charge in [-0.15, -0.1) is 22.7 Å². The smallest absolute Gasteiger partial charge is 0.305 e. The third-order valence-electron chi connectivity index (χ3n) is 2.28. The molecule has 0 saturated carbocycles. The number of rotatable bonds is 6. The Balaban J connectivity index is 1.98. The first-order valence-corrected chi connectivity index (χ1v) is 6.93. The maximum Gasteiger partial charge on any atom is 0.305 e. The van der Waals surface area contributed by atoms with Crippen LogP contribution in [0, 0.1) is 0 Å². The number of nitrogens with zero attached hydrogens (tertiary/aromatic N) is 1. The van der Waals surface area contributed by atoms with Crippen molar-refractivity contribution in [3.05, 3.63) is 39.0 Å². The van der Waals surface area contributed by atoms with E-state index in [4.69, 9.17) is 5.11 Å². The van der Waals surface area contributed by atoms with Gasteiger partial charge in [0.05, 0.1) is 23.7 Å². The number of carbonyl (C=O) groups is 1. The number of carboxylic acid groups (broad SMARTS) is 1. The highest BCUT2D eigenvalue weighted by molar-refractivity contribution is 7.10. The summed E-state index contributed by atoms with van der Waals surface area (Å²) >= 11 is 3.10. The Hall–Kier alpha value is -1.24. The van der Waals surface area contributed by atoms with Gasteiger partial charge in [-0.25, -0.2) is 4.98 Å². The Labute approximate surface area is 107 Å². The third-order valence-corrected chi connectivity index (χ3v) is 3.90. The second kappa shape index (κ2) is 5.90. The predicted molar refractivity (Wildman–Crippen MR) is 68.3 cm³/mol. The van der Waals surface area contributed by atoms with Crippen molar-refractivity contribution in [1.29, 1.82) is 0 Å². The molecule has 0 aliphatic heterocycles. The standard InChI is InChI=1S/C11H12N2O2S2/c14-11(15)4-9(10-2-1-3-17-10)12-5-8-6-16-7-13-8/h1-3,6-7,9,12H,4-5H2,(H,14,15). The number of nitrogens with one attached hydrogen (secondary N) is 1. The van der Waals surface area contributed by atoms with Crippen LogP contribution in [0.4, 0.5) is 0 Å². The molecule has 6 heteroatoms. The van der Waals surface area contributed by atoms with E-state index in [1.165, 1.54) is 11.3 Å². The number of aliphatic carboxylic acids is 1. The molecule has 0 amide bonds. The van der Waals surface area contributed by atoms with E-state index in [1.54, 1.807) is 16.8 Å². The van der Waals surface area contributed by atoms with Crippen molar-refractivity contribution in [2.45, 2.75) is 19.0 Å². The Kier molecular flexibility index (Phi) is 4.24. The molecule has 0 aromatic carbocycles. The summed E-state index contributed by atoms with van der Waals surface area (Å²) in [5, 5.41) is 16.0. The lowest BCUT2D eigenvalue weighted by molar-refractivity contribution is -0.137. The van der Waals surface area contributed by atoms with Crippen molar-refractivity contribution in [1.82, 2.24) is 10.3 Å². The molecule has 0 aliphatic carbocycles. The van der Waals surface area contributed by atoms with Crippen LogP contribution in [0.15, 0.2) is 28.4 Å². The Morgan fingerprint density at radius 2 is 2.47 bits per heavy atom. The second-order valence-corrected chi connectivity index (χ2v) is 5.22. The van der Waals surface area contributed by atoms with Gasteiger partial charge in [0.2, 0.25) is 0 Å². The first kappa shape index (κ1) is 12.2.